The number of carbonyl (C=O) groups is 1. The van der Waals surface area contributed by atoms with Crippen LogP contribution in [0.15, 0.2) is 18.2 Å². The van der Waals surface area contributed by atoms with Crippen LogP contribution in [0.25, 0.3) is 0 Å². The number of benzene rings is 1. The Morgan fingerprint density at radius 3 is 2.75 bits per heavy atom. The van der Waals surface area contributed by atoms with Crippen LogP contribution in [0.1, 0.15) is 61.9 Å². The van der Waals surface area contributed by atoms with Crippen LogP contribution in [-0.2, 0) is 11.2 Å². The van der Waals surface area contributed by atoms with Crippen molar-refractivity contribution in [2.45, 2.75) is 52.4 Å². The Morgan fingerprint density at radius 2 is 2.17 bits per heavy atom. The third kappa shape index (κ3) is 6.74. The number of ether oxygens (including phenoxy) is 1. The molecule has 0 heterocycles. The summed E-state index contributed by atoms with van der Waals surface area (Å²) < 4.78 is 5.68. The van der Waals surface area contributed by atoms with Crippen LogP contribution in [0.3, 0.4) is 0 Å². The number of hydrogen-bond acceptors (Lipinski definition) is 5. The van der Waals surface area contributed by atoms with Gasteiger partial charge in [-0.2, -0.15) is 0 Å². The van der Waals surface area contributed by atoms with E-state index in [0.717, 1.165) is 18.4 Å². The van der Waals surface area contributed by atoms with Crippen LogP contribution in [0.2, 0.25) is 0 Å². The molecule has 0 radical (unpaired) electrons. The summed E-state index contributed by atoms with van der Waals surface area (Å²) in [5.74, 6) is 0.524. The fourth-order valence-corrected chi connectivity index (χ4v) is 2.60. The Labute approximate surface area is 148 Å². The van der Waals surface area contributed by atoms with Gasteiger partial charge in [0.2, 0.25) is 0 Å². The number of nitrogens with zero attached hydrogens (tertiary/aromatic N) is 1. The summed E-state index contributed by atoms with van der Waals surface area (Å²) in [4.78, 5) is 21.2. The van der Waals surface area contributed by atoms with Gasteiger partial charge in [0.25, 0.3) is 5.69 Å². The molecule has 0 saturated heterocycles. The van der Waals surface area contributed by atoms with Gasteiger partial charge in [0.1, 0.15) is 0 Å². The van der Waals surface area contributed by atoms with E-state index >= 15 is 0 Å². The first kappa shape index (κ1) is 20.2. The number of aryl methyl sites for hydroxylation is 1. The van der Waals surface area contributed by atoms with Gasteiger partial charge in [0.05, 0.1) is 17.1 Å². The predicted molar refractivity (Wildman–Crippen MR) is 98.7 cm³/mol. The Morgan fingerprint density at radius 1 is 1.42 bits per heavy atom. The molecule has 24 heavy (non-hydrogen) atoms. The Kier molecular flexibility index (Phi) is 9.15. The van der Waals surface area contributed by atoms with Crippen LogP contribution in [-0.4, -0.2) is 22.9 Å². The highest BCUT2D eigenvalue weighted by Crippen LogP contribution is 2.20. The summed E-state index contributed by atoms with van der Waals surface area (Å²) in [6, 6.07) is 4.63. The van der Waals surface area contributed by atoms with E-state index in [4.69, 9.17) is 17.0 Å². The molecule has 0 aliphatic rings. The van der Waals surface area contributed by atoms with Crippen LogP contribution in [0.4, 0.5) is 5.69 Å². The van der Waals surface area contributed by atoms with Gasteiger partial charge in [-0.05, 0) is 42.6 Å². The lowest BCUT2D eigenvalue weighted by Crippen LogP contribution is -2.13. The monoisotopic (exact) mass is 351 g/mol. The molecule has 0 aliphatic heterocycles. The molecule has 0 saturated carbocycles. The van der Waals surface area contributed by atoms with Crippen molar-refractivity contribution in [3.8, 4) is 0 Å². The minimum absolute atomic E-state index is 0.0873. The summed E-state index contributed by atoms with van der Waals surface area (Å²) in [6.45, 7) is 4.97. The zero-order valence-electron chi connectivity index (χ0n) is 14.3. The van der Waals surface area contributed by atoms with Crippen molar-refractivity contribution in [3.63, 3.8) is 0 Å². The molecule has 1 atom stereocenters. The fourth-order valence-electron chi connectivity index (χ4n) is 2.43. The number of nitro benzene ring substituents is 1. The molecule has 0 N–H and O–H groups in total. The summed E-state index contributed by atoms with van der Waals surface area (Å²) >= 11 is 5.25. The molecule has 1 rings (SSSR count). The topological polar surface area (TPSA) is 69.4 Å². The number of carbonyl (C=O) groups excluding carboxylic acids is 1. The standard InChI is InChI=1S/C18H25NO4S/c1-3-5-6-14(4-2)13-23-18(24)10-8-15-7-9-16(12-20)17(11-15)19(21)22/h7,9,11-12,14H,3-6,8,10,13H2,1-2H3. The van der Waals surface area contributed by atoms with E-state index < -0.39 is 4.92 Å². The van der Waals surface area contributed by atoms with E-state index in [1.807, 2.05) is 0 Å². The summed E-state index contributed by atoms with van der Waals surface area (Å²) in [7, 11) is 0. The molecule has 0 amide bonds. The van der Waals surface area contributed by atoms with Crippen LogP contribution >= 0.6 is 12.2 Å². The molecule has 132 valence electrons. The lowest BCUT2D eigenvalue weighted by molar-refractivity contribution is -0.385. The second kappa shape index (κ2) is 10.9. The maximum Gasteiger partial charge on any atom is 0.280 e. The molecular formula is C18H25NO4S. The Hall–Kier alpha value is -1.82. The summed E-state index contributed by atoms with van der Waals surface area (Å²) in [5.41, 5.74) is 0.695. The lowest BCUT2D eigenvalue weighted by Gasteiger charge is -2.16. The van der Waals surface area contributed by atoms with Crippen molar-refractivity contribution in [2.75, 3.05) is 6.61 Å². The maximum atomic E-state index is 11.0. The highest BCUT2D eigenvalue weighted by molar-refractivity contribution is 7.80. The van der Waals surface area contributed by atoms with Crippen molar-refractivity contribution in [1.82, 2.24) is 0 Å². The van der Waals surface area contributed by atoms with E-state index in [1.165, 1.54) is 25.0 Å². The molecule has 1 unspecified atom stereocenters. The minimum Gasteiger partial charge on any atom is -0.487 e. The summed E-state index contributed by atoms with van der Waals surface area (Å²) in [6.07, 6.45) is 6.19. The van der Waals surface area contributed by atoms with E-state index in [2.05, 4.69) is 13.8 Å². The molecule has 1 aromatic carbocycles. The largest absolute Gasteiger partial charge is 0.487 e. The van der Waals surface area contributed by atoms with Gasteiger partial charge in [-0.1, -0.05) is 39.2 Å². The van der Waals surface area contributed by atoms with Crippen molar-refractivity contribution < 1.29 is 14.5 Å². The Balaban J connectivity index is 2.51. The van der Waals surface area contributed by atoms with Gasteiger partial charge < -0.3 is 4.74 Å². The van der Waals surface area contributed by atoms with Crippen molar-refractivity contribution in [1.29, 1.82) is 0 Å². The SMILES string of the molecule is CCCCC(CC)COC(=S)CCc1ccc(C=O)c([N+](=O)[O-])c1. The van der Waals surface area contributed by atoms with Crippen molar-refractivity contribution in [3.05, 3.63) is 39.4 Å². The zero-order chi connectivity index (χ0) is 17.9. The first-order valence-corrected chi connectivity index (χ1v) is 8.80. The van der Waals surface area contributed by atoms with Crippen molar-refractivity contribution in [2.24, 2.45) is 5.92 Å². The van der Waals surface area contributed by atoms with E-state index in [-0.39, 0.29) is 11.3 Å². The molecule has 0 spiro atoms. The van der Waals surface area contributed by atoms with Gasteiger partial charge in [-0.15, -0.1) is 0 Å². The van der Waals surface area contributed by atoms with Gasteiger partial charge in [-0.3, -0.25) is 14.9 Å². The molecule has 0 aliphatic carbocycles. The third-order valence-electron chi connectivity index (χ3n) is 4.06. The highest BCUT2D eigenvalue weighted by Gasteiger charge is 2.14. The zero-order valence-corrected chi connectivity index (χ0v) is 15.1. The van der Waals surface area contributed by atoms with Gasteiger partial charge in [0, 0.05) is 12.5 Å². The number of hydrogen-bond donors (Lipinski definition) is 0. The normalized spacial score (nSPS) is 11.8. The average molecular weight is 351 g/mol. The average Bonchev–Trinajstić information content (AvgIpc) is 2.59. The molecule has 6 heteroatoms. The van der Waals surface area contributed by atoms with Crippen LogP contribution < -0.4 is 0 Å². The highest BCUT2D eigenvalue weighted by atomic mass is 32.1. The quantitative estimate of drug-likeness (QED) is 0.245. The Bertz CT molecular complexity index is 574. The van der Waals surface area contributed by atoms with Gasteiger partial charge in [-0.25, -0.2) is 0 Å². The van der Waals surface area contributed by atoms with E-state index in [0.29, 0.717) is 36.7 Å². The number of thiocarbonyl (C=S) groups is 1. The van der Waals surface area contributed by atoms with E-state index in [9.17, 15) is 14.9 Å². The first-order chi connectivity index (χ1) is 11.5. The molecule has 5 nitrogen and oxygen atoms in total. The minimum atomic E-state index is -0.540. The van der Waals surface area contributed by atoms with Crippen molar-refractivity contribution >= 4 is 29.2 Å². The maximum absolute atomic E-state index is 11.0. The third-order valence-corrected chi connectivity index (χ3v) is 4.38. The second-order valence-corrected chi connectivity index (χ2v) is 6.32. The second-order valence-electron chi connectivity index (χ2n) is 5.87. The smallest absolute Gasteiger partial charge is 0.280 e. The van der Waals surface area contributed by atoms with Crippen LogP contribution in [0, 0.1) is 16.0 Å². The molecule has 1 aromatic rings. The number of unbranched alkanes of at least 4 members (excludes halogenated alkanes) is 1. The van der Waals surface area contributed by atoms with Gasteiger partial charge in [0.15, 0.2) is 11.3 Å². The molecule has 0 aromatic heterocycles. The first-order valence-electron chi connectivity index (χ1n) is 8.39. The number of rotatable bonds is 11. The predicted octanol–water partition coefficient (Wildman–Crippen LogP) is 4.90. The summed E-state index contributed by atoms with van der Waals surface area (Å²) in [5, 5.41) is 11.5. The molecular weight excluding hydrogens is 326 g/mol. The molecule has 0 bridgehead atoms. The van der Waals surface area contributed by atoms with Gasteiger partial charge >= 0.3 is 0 Å². The fraction of sp³-hybridized carbons (Fsp3) is 0.556. The van der Waals surface area contributed by atoms with E-state index in [1.54, 1.807) is 6.07 Å². The van der Waals surface area contributed by atoms with Crippen LogP contribution in [0.5, 0.6) is 0 Å². The number of nitro groups is 1. The lowest BCUT2D eigenvalue weighted by atomic mass is 10.0. The number of aldehydes is 1. The molecule has 0 fully saturated rings.